The molecule has 0 amide bonds. The van der Waals surface area contributed by atoms with Gasteiger partial charge in [0.15, 0.2) is 0 Å². The van der Waals surface area contributed by atoms with Crippen molar-refractivity contribution in [1.29, 1.82) is 0 Å². The number of anilines is 2. The SMILES string of the molecule is Cc1ccc(NCC(C)C)c(N)c1. The van der Waals surface area contributed by atoms with E-state index in [2.05, 4.69) is 25.2 Å². The first-order chi connectivity index (χ1) is 6.09. The summed E-state index contributed by atoms with van der Waals surface area (Å²) in [5, 5.41) is 3.31. The second kappa shape index (κ2) is 4.17. The Bertz CT molecular complexity index is 279. The van der Waals surface area contributed by atoms with Gasteiger partial charge in [0.2, 0.25) is 0 Å². The fourth-order valence-electron chi connectivity index (χ4n) is 1.16. The van der Waals surface area contributed by atoms with Crippen LogP contribution >= 0.6 is 0 Å². The summed E-state index contributed by atoms with van der Waals surface area (Å²) in [5.41, 5.74) is 8.92. The van der Waals surface area contributed by atoms with Crippen molar-refractivity contribution in [3.8, 4) is 0 Å². The van der Waals surface area contributed by atoms with Gasteiger partial charge in [0.25, 0.3) is 0 Å². The first-order valence-electron chi connectivity index (χ1n) is 4.69. The van der Waals surface area contributed by atoms with Gasteiger partial charge < -0.3 is 11.1 Å². The summed E-state index contributed by atoms with van der Waals surface area (Å²) in [6.45, 7) is 7.37. The van der Waals surface area contributed by atoms with Crippen molar-refractivity contribution in [2.75, 3.05) is 17.6 Å². The third kappa shape index (κ3) is 2.98. The molecule has 3 N–H and O–H groups in total. The molecule has 2 nitrogen and oxygen atoms in total. The normalized spacial score (nSPS) is 10.5. The number of rotatable bonds is 3. The lowest BCUT2D eigenvalue weighted by molar-refractivity contribution is 0.689. The van der Waals surface area contributed by atoms with Crippen LogP contribution in [0.5, 0.6) is 0 Å². The summed E-state index contributed by atoms with van der Waals surface area (Å²) in [7, 11) is 0. The smallest absolute Gasteiger partial charge is 0.0574 e. The van der Waals surface area contributed by atoms with Crippen LogP contribution in [-0.2, 0) is 0 Å². The van der Waals surface area contributed by atoms with E-state index in [9.17, 15) is 0 Å². The van der Waals surface area contributed by atoms with Crippen LogP contribution in [0.15, 0.2) is 18.2 Å². The fraction of sp³-hybridized carbons (Fsp3) is 0.455. The Kier molecular flexibility index (Phi) is 3.18. The average molecular weight is 178 g/mol. The van der Waals surface area contributed by atoms with Crippen molar-refractivity contribution in [3.63, 3.8) is 0 Å². The fourth-order valence-corrected chi connectivity index (χ4v) is 1.16. The van der Waals surface area contributed by atoms with Gasteiger partial charge in [-0.2, -0.15) is 0 Å². The molecule has 0 atom stereocenters. The number of aryl methyl sites for hydroxylation is 1. The van der Waals surface area contributed by atoms with Crippen molar-refractivity contribution in [2.45, 2.75) is 20.8 Å². The van der Waals surface area contributed by atoms with Crippen molar-refractivity contribution in [3.05, 3.63) is 23.8 Å². The maximum atomic E-state index is 5.85. The molecule has 0 aliphatic carbocycles. The number of nitrogens with two attached hydrogens (primary N) is 1. The van der Waals surface area contributed by atoms with Gasteiger partial charge in [-0.05, 0) is 30.5 Å². The Balaban J connectivity index is 2.67. The van der Waals surface area contributed by atoms with Crippen LogP contribution < -0.4 is 11.1 Å². The standard InChI is InChI=1S/C11H18N2/c1-8(2)7-13-11-5-4-9(3)6-10(11)12/h4-6,8,13H,7,12H2,1-3H3. The Hall–Kier alpha value is -1.18. The highest BCUT2D eigenvalue weighted by molar-refractivity contribution is 5.66. The maximum absolute atomic E-state index is 5.85. The van der Waals surface area contributed by atoms with Crippen molar-refractivity contribution < 1.29 is 0 Å². The largest absolute Gasteiger partial charge is 0.397 e. The molecule has 13 heavy (non-hydrogen) atoms. The molecule has 0 spiro atoms. The second-order valence-electron chi connectivity index (χ2n) is 3.87. The monoisotopic (exact) mass is 178 g/mol. The van der Waals surface area contributed by atoms with Gasteiger partial charge in [0, 0.05) is 6.54 Å². The topological polar surface area (TPSA) is 38.0 Å². The summed E-state index contributed by atoms with van der Waals surface area (Å²) in [4.78, 5) is 0. The number of hydrogen-bond acceptors (Lipinski definition) is 2. The van der Waals surface area contributed by atoms with Crippen LogP contribution in [0.3, 0.4) is 0 Å². The zero-order valence-corrected chi connectivity index (χ0v) is 8.59. The first-order valence-corrected chi connectivity index (χ1v) is 4.69. The van der Waals surface area contributed by atoms with Crippen LogP contribution in [0.4, 0.5) is 11.4 Å². The van der Waals surface area contributed by atoms with Gasteiger partial charge in [-0.15, -0.1) is 0 Å². The van der Waals surface area contributed by atoms with Gasteiger partial charge in [0.1, 0.15) is 0 Å². The van der Waals surface area contributed by atoms with E-state index in [-0.39, 0.29) is 0 Å². The van der Waals surface area contributed by atoms with E-state index in [1.54, 1.807) is 0 Å². The van der Waals surface area contributed by atoms with Crippen LogP contribution in [0, 0.1) is 12.8 Å². The molecule has 1 aromatic carbocycles. The maximum Gasteiger partial charge on any atom is 0.0574 e. The minimum atomic E-state index is 0.640. The molecule has 0 fully saturated rings. The van der Waals surface area contributed by atoms with Gasteiger partial charge in [-0.1, -0.05) is 19.9 Å². The Morgan fingerprint density at radius 2 is 2.08 bits per heavy atom. The van der Waals surface area contributed by atoms with Crippen molar-refractivity contribution in [2.24, 2.45) is 5.92 Å². The van der Waals surface area contributed by atoms with E-state index >= 15 is 0 Å². The Morgan fingerprint density at radius 1 is 1.38 bits per heavy atom. The minimum absolute atomic E-state index is 0.640. The zero-order chi connectivity index (χ0) is 9.84. The summed E-state index contributed by atoms with van der Waals surface area (Å²) in [6, 6.07) is 6.09. The third-order valence-corrected chi connectivity index (χ3v) is 1.91. The van der Waals surface area contributed by atoms with Gasteiger partial charge in [-0.25, -0.2) is 0 Å². The molecule has 0 unspecified atom stereocenters. The molecule has 0 saturated heterocycles. The van der Waals surface area contributed by atoms with E-state index in [4.69, 9.17) is 5.73 Å². The molecule has 0 heterocycles. The molecule has 0 bridgehead atoms. The summed E-state index contributed by atoms with van der Waals surface area (Å²) in [6.07, 6.45) is 0. The number of hydrogen-bond donors (Lipinski definition) is 2. The van der Waals surface area contributed by atoms with E-state index < -0.39 is 0 Å². The lowest BCUT2D eigenvalue weighted by Gasteiger charge is -2.11. The highest BCUT2D eigenvalue weighted by Gasteiger charge is 1.99. The summed E-state index contributed by atoms with van der Waals surface area (Å²) < 4.78 is 0. The van der Waals surface area contributed by atoms with E-state index in [1.165, 1.54) is 5.56 Å². The number of nitrogen functional groups attached to an aromatic ring is 1. The number of benzene rings is 1. The van der Waals surface area contributed by atoms with E-state index in [0.29, 0.717) is 5.92 Å². The third-order valence-electron chi connectivity index (χ3n) is 1.91. The van der Waals surface area contributed by atoms with E-state index in [0.717, 1.165) is 17.9 Å². The van der Waals surface area contributed by atoms with E-state index in [1.807, 2.05) is 19.1 Å². The average Bonchev–Trinajstić information content (AvgIpc) is 2.02. The summed E-state index contributed by atoms with van der Waals surface area (Å²) >= 11 is 0. The molecule has 2 heteroatoms. The Morgan fingerprint density at radius 3 is 2.62 bits per heavy atom. The number of nitrogens with one attached hydrogen (secondary N) is 1. The van der Waals surface area contributed by atoms with Gasteiger partial charge in [0.05, 0.1) is 11.4 Å². The quantitative estimate of drug-likeness (QED) is 0.698. The molecule has 0 aliphatic heterocycles. The molecule has 72 valence electrons. The summed E-state index contributed by atoms with van der Waals surface area (Å²) in [5.74, 6) is 0.640. The molecular formula is C11H18N2. The molecule has 1 aromatic rings. The minimum Gasteiger partial charge on any atom is -0.397 e. The zero-order valence-electron chi connectivity index (χ0n) is 8.59. The molecule has 0 saturated carbocycles. The van der Waals surface area contributed by atoms with Crippen LogP contribution in [0.25, 0.3) is 0 Å². The lowest BCUT2D eigenvalue weighted by Crippen LogP contribution is -2.09. The lowest BCUT2D eigenvalue weighted by atomic mass is 10.1. The van der Waals surface area contributed by atoms with Crippen LogP contribution in [0.2, 0.25) is 0 Å². The predicted octanol–water partition coefficient (Wildman–Crippen LogP) is 2.65. The predicted molar refractivity (Wildman–Crippen MR) is 58.9 cm³/mol. The Labute approximate surface area is 80.1 Å². The van der Waals surface area contributed by atoms with Gasteiger partial charge >= 0.3 is 0 Å². The van der Waals surface area contributed by atoms with Crippen LogP contribution in [0.1, 0.15) is 19.4 Å². The van der Waals surface area contributed by atoms with Crippen LogP contribution in [-0.4, -0.2) is 6.54 Å². The van der Waals surface area contributed by atoms with Crippen molar-refractivity contribution >= 4 is 11.4 Å². The molecule has 1 rings (SSSR count). The highest BCUT2D eigenvalue weighted by atomic mass is 14.9. The molecule has 0 aliphatic rings. The second-order valence-corrected chi connectivity index (χ2v) is 3.87. The molecule has 0 radical (unpaired) electrons. The van der Waals surface area contributed by atoms with Gasteiger partial charge in [-0.3, -0.25) is 0 Å². The molecule has 0 aromatic heterocycles. The van der Waals surface area contributed by atoms with Crippen molar-refractivity contribution in [1.82, 2.24) is 0 Å². The highest BCUT2D eigenvalue weighted by Crippen LogP contribution is 2.19. The molecular weight excluding hydrogens is 160 g/mol. The first kappa shape index (κ1) is 9.90.